The zero-order valence-corrected chi connectivity index (χ0v) is 20.5. The van der Waals surface area contributed by atoms with Crippen molar-refractivity contribution >= 4 is 27.4 Å². The van der Waals surface area contributed by atoms with Crippen molar-refractivity contribution in [3.63, 3.8) is 0 Å². The number of carbonyl (C=O) groups excluding carboxylic acids is 2. The third-order valence-electron chi connectivity index (χ3n) is 6.54. The zero-order valence-electron chi connectivity index (χ0n) is 19.7. The highest BCUT2D eigenvalue weighted by molar-refractivity contribution is 7.89. The first-order valence-electron chi connectivity index (χ1n) is 11.4. The maximum atomic E-state index is 13.7. The molecule has 0 atom stereocenters. The molecule has 8 heteroatoms. The van der Waals surface area contributed by atoms with Gasteiger partial charge in [0.15, 0.2) is 5.78 Å². The molecule has 4 rings (SSSR count). The molecule has 1 heterocycles. The topological polar surface area (TPSA) is 92.8 Å². The molecule has 1 aliphatic rings. The van der Waals surface area contributed by atoms with Crippen molar-refractivity contribution in [3.8, 4) is 5.75 Å². The fraction of sp³-hybridized carbons (Fsp3) is 0.259. The summed E-state index contributed by atoms with van der Waals surface area (Å²) in [6.45, 7) is 1.75. The van der Waals surface area contributed by atoms with Crippen LogP contribution in [0.3, 0.4) is 0 Å². The summed E-state index contributed by atoms with van der Waals surface area (Å²) in [5.74, 6) is 0.246. The summed E-state index contributed by atoms with van der Waals surface area (Å²) in [4.78, 5) is 25.5. The molecule has 0 aliphatic carbocycles. The second kappa shape index (κ2) is 10.0. The van der Waals surface area contributed by atoms with Crippen LogP contribution in [-0.2, 0) is 20.2 Å². The van der Waals surface area contributed by atoms with Crippen LogP contribution in [0, 0.1) is 0 Å². The monoisotopic (exact) mass is 492 g/mol. The van der Waals surface area contributed by atoms with E-state index in [2.05, 4.69) is 5.32 Å². The number of rotatable bonds is 7. The van der Waals surface area contributed by atoms with Gasteiger partial charge in [-0.05, 0) is 49.6 Å². The Kier molecular flexibility index (Phi) is 7.05. The normalized spacial score (nSPS) is 15.8. The Morgan fingerprint density at radius 2 is 1.60 bits per heavy atom. The van der Waals surface area contributed by atoms with Gasteiger partial charge in [0.1, 0.15) is 5.75 Å². The van der Waals surface area contributed by atoms with E-state index in [0.717, 1.165) is 5.56 Å². The third-order valence-corrected chi connectivity index (χ3v) is 8.44. The number of hydrogen-bond acceptors (Lipinski definition) is 5. The fourth-order valence-corrected chi connectivity index (χ4v) is 5.98. The van der Waals surface area contributed by atoms with Gasteiger partial charge in [0.05, 0.1) is 17.4 Å². The number of anilines is 1. The van der Waals surface area contributed by atoms with Crippen LogP contribution in [0.25, 0.3) is 0 Å². The van der Waals surface area contributed by atoms with Gasteiger partial charge < -0.3 is 10.1 Å². The lowest BCUT2D eigenvalue weighted by atomic mass is 9.72. The van der Waals surface area contributed by atoms with E-state index in [1.807, 2.05) is 30.3 Å². The molecule has 0 unspecified atom stereocenters. The smallest absolute Gasteiger partial charge is 0.243 e. The van der Waals surface area contributed by atoms with Gasteiger partial charge in [0.25, 0.3) is 0 Å². The van der Waals surface area contributed by atoms with E-state index in [9.17, 15) is 18.0 Å². The summed E-state index contributed by atoms with van der Waals surface area (Å²) < 4.78 is 33.3. The van der Waals surface area contributed by atoms with Crippen molar-refractivity contribution in [2.75, 3.05) is 25.5 Å². The average molecular weight is 493 g/mol. The predicted molar refractivity (Wildman–Crippen MR) is 134 cm³/mol. The lowest BCUT2D eigenvalue weighted by Gasteiger charge is -2.40. The molecule has 1 saturated heterocycles. The molecule has 1 aliphatic heterocycles. The van der Waals surface area contributed by atoms with Crippen molar-refractivity contribution in [1.82, 2.24) is 4.31 Å². The highest BCUT2D eigenvalue weighted by atomic mass is 32.2. The number of ether oxygens (including phenoxy) is 1. The molecule has 0 aromatic heterocycles. The van der Waals surface area contributed by atoms with E-state index >= 15 is 0 Å². The first-order valence-corrected chi connectivity index (χ1v) is 12.8. The first kappa shape index (κ1) is 24.6. The van der Waals surface area contributed by atoms with E-state index in [-0.39, 0.29) is 29.7 Å². The highest BCUT2D eigenvalue weighted by Crippen LogP contribution is 2.38. The second-order valence-corrected chi connectivity index (χ2v) is 10.6. The maximum Gasteiger partial charge on any atom is 0.243 e. The minimum Gasteiger partial charge on any atom is -0.497 e. The standard InChI is InChI=1S/C27H28N2O5S/c1-20(30)21-8-6-13-25(18-21)35(32,33)29-16-14-27(15-17-29,22-9-4-3-5-10-22)26(31)28-23-11-7-12-24(19-23)34-2/h3-13,18-19H,14-17H2,1-2H3,(H,28,31). The number of Topliss-reactive ketones (excluding diaryl/α,β-unsaturated/α-hetero) is 1. The van der Waals surface area contributed by atoms with E-state index in [4.69, 9.17) is 4.74 Å². The summed E-state index contributed by atoms with van der Waals surface area (Å²) in [6.07, 6.45) is 0.636. The molecular formula is C27H28N2O5S. The zero-order chi connectivity index (χ0) is 25.1. The molecule has 0 spiro atoms. The van der Waals surface area contributed by atoms with Crippen molar-refractivity contribution in [2.24, 2.45) is 0 Å². The molecule has 7 nitrogen and oxygen atoms in total. The maximum absolute atomic E-state index is 13.7. The number of sulfonamides is 1. The van der Waals surface area contributed by atoms with Gasteiger partial charge in [-0.1, -0.05) is 48.5 Å². The molecule has 1 N–H and O–H groups in total. The summed E-state index contributed by atoms with van der Waals surface area (Å²) in [6, 6.07) is 22.7. The summed E-state index contributed by atoms with van der Waals surface area (Å²) in [5.41, 5.74) is 0.911. The number of methoxy groups -OCH3 is 1. The molecule has 3 aromatic rings. The number of piperidine rings is 1. The van der Waals surface area contributed by atoms with Crippen molar-refractivity contribution in [2.45, 2.75) is 30.1 Å². The number of carbonyl (C=O) groups is 2. The van der Waals surface area contributed by atoms with Gasteiger partial charge in [-0.3, -0.25) is 9.59 Å². The molecular weight excluding hydrogens is 464 g/mol. The Bertz CT molecular complexity index is 1330. The van der Waals surface area contributed by atoms with Crippen molar-refractivity contribution < 1.29 is 22.7 Å². The minimum atomic E-state index is -3.81. The Labute approximate surface area is 205 Å². The number of nitrogens with zero attached hydrogens (tertiary/aromatic N) is 1. The lowest BCUT2D eigenvalue weighted by Crippen LogP contribution is -2.50. The first-order chi connectivity index (χ1) is 16.8. The van der Waals surface area contributed by atoms with Crippen LogP contribution in [0.4, 0.5) is 5.69 Å². The Hall–Kier alpha value is -3.49. The Morgan fingerprint density at radius 3 is 2.26 bits per heavy atom. The quantitative estimate of drug-likeness (QED) is 0.498. The Balaban J connectivity index is 1.61. The minimum absolute atomic E-state index is 0.0817. The number of ketones is 1. The van der Waals surface area contributed by atoms with Crippen LogP contribution in [0.15, 0.2) is 83.8 Å². The van der Waals surface area contributed by atoms with Gasteiger partial charge >= 0.3 is 0 Å². The highest BCUT2D eigenvalue weighted by Gasteiger charge is 2.45. The van der Waals surface area contributed by atoms with Gasteiger partial charge in [-0.25, -0.2) is 8.42 Å². The molecule has 0 saturated carbocycles. The van der Waals surface area contributed by atoms with Crippen LogP contribution in [0.5, 0.6) is 5.75 Å². The van der Waals surface area contributed by atoms with E-state index in [1.54, 1.807) is 43.5 Å². The van der Waals surface area contributed by atoms with Crippen LogP contribution >= 0.6 is 0 Å². The van der Waals surface area contributed by atoms with E-state index in [1.165, 1.54) is 23.4 Å². The fourth-order valence-electron chi connectivity index (χ4n) is 4.49. The van der Waals surface area contributed by atoms with Crippen LogP contribution < -0.4 is 10.1 Å². The van der Waals surface area contributed by atoms with E-state index in [0.29, 0.717) is 29.8 Å². The van der Waals surface area contributed by atoms with Crippen LogP contribution in [-0.4, -0.2) is 44.6 Å². The molecule has 1 fully saturated rings. The number of nitrogens with one attached hydrogen (secondary N) is 1. The summed E-state index contributed by atoms with van der Waals surface area (Å²) in [5, 5.41) is 3.01. The van der Waals surface area contributed by atoms with Crippen molar-refractivity contribution in [3.05, 3.63) is 90.0 Å². The number of hydrogen-bond donors (Lipinski definition) is 1. The van der Waals surface area contributed by atoms with Gasteiger partial charge in [0, 0.05) is 30.4 Å². The largest absolute Gasteiger partial charge is 0.497 e. The molecule has 35 heavy (non-hydrogen) atoms. The van der Waals surface area contributed by atoms with E-state index < -0.39 is 15.4 Å². The van der Waals surface area contributed by atoms with Gasteiger partial charge in [-0.2, -0.15) is 4.31 Å². The summed E-state index contributed by atoms with van der Waals surface area (Å²) >= 11 is 0. The summed E-state index contributed by atoms with van der Waals surface area (Å²) in [7, 11) is -2.25. The molecule has 182 valence electrons. The Morgan fingerprint density at radius 1 is 0.914 bits per heavy atom. The lowest BCUT2D eigenvalue weighted by molar-refractivity contribution is -0.123. The molecule has 3 aromatic carbocycles. The van der Waals surface area contributed by atoms with Crippen molar-refractivity contribution in [1.29, 1.82) is 0 Å². The SMILES string of the molecule is COc1cccc(NC(=O)C2(c3ccccc3)CCN(S(=O)(=O)c3cccc(C(C)=O)c3)CC2)c1. The predicted octanol–water partition coefficient (Wildman–Crippen LogP) is 4.26. The second-order valence-electron chi connectivity index (χ2n) is 8.62. The van der Waals surface area contributed by atoms with Gasteiger partial charge in [0.2, 0.25) is 15.9 Å². The number of amides is 1. The molecule has 1 amide bonds. The van der Waals surface area contributed by atoms with Gasteiger partial charge in [-0.15, -0.1) is 0 Å². The van der Waals surface area contributed by atoms with Crippen LogP contribution in [0.2, 0.25) is 0 Å². The number of benzene rings is 3. The molecule has 0 bridgehead atoms. The van der Waals surface area contributed by atoms with Crippen LogP contribution in [0.1, 0.15) is 35.7 Å². The third kappa shape index (κ3) is 4.99. The molecule has 0 radical (unpaired) electrons. The average Bonchev–Trinajstić information content (AvgIpc) is 2.89.